The Balaban J connectivity index is 2.39. The van der Waals surface area contributed by atoms with Crippen LogP contribution in [0.4, 0.5) is 17.6 Å². The van der Waals surface area contributed by atoms with Crippen molar-refractivity contribution in [2.45, 2.75) is 36.5 Å². The summed E-state index contributed by atoms with van der Waals surface area (Å²) in [6, 6.07) is 4.17. The number of hydrogen-bond acceptors (Lipinski definition) is 3. The maximum atomic E-state index is 14.2. The molecule has 0 aliphatic heterocycles. The van der Waals surface area contributed by atoms with Crippen LogP contribution in [0.5, 0.6) is 5.75 Å². The van der Waals surface area contributed by atoms with E-state index in [1.165, 1.54) is 25.3 Å². The minimum atomic E-state index is -5.10. The molecular formula is C14H14F4O3. The lowest BCUT2D eigenvalue weighted by Gasteiger charge is -2.29. The molecule has 1 aliphatic rings. The highest BCUT2D eigenvalue weighted by Crippen LogP contribution is 2.56. The molecule has 116 valence electrons. The van der Waals surface area contributed by atoms with E-state index in [1.54, 1.807) is 0 Å². The average Bonchev–Trinajstić information content (AvgIpc) is 3.18. The first kappa shape index (κ1) is 15.8. The van der Waals surface area contributed by atoms with Gasteiger partial charge >= 0.3 is 6.18 Å². The number of methoxy groups -OCH3 is 1. The van der Waals surface area contributed by atoms with Crippen molar-refractivity contribution in [1.82, 2.24) is 0 Å². The fourth-order valence-electron chi connectivity index (χ4n) is 2.49. The van der Waals surface area contributed by atoms with Gasteiger partial charge in [-0.25, -0.2) is 4.39 Å². The fraction of sp³-hybridized carbons (Fsp3) is 0.500. The van der Waals surface area contributed by atoms with E-state index in [0.29, 0.717) is 0 Å². The second kappa shape index (κ2) is 4.98. The van der Waals surface area contributed by atoms with Crippen molar-refractivity contribution < 1.29 is 32.2 Å². The second-order valence-electron chi connectivity index (χ2n) is 5.32. The Hall–Kier alpha value is -1.63. The molecule has 2 rings (SSSR count). The summed E-state index contributed by atoms with van der Waals surface area (Å²) >= 11 is 0. The summed E-state index contributed by atoms with van der Waals surface area (Å²) in [7, 11) is 1.25. The summed E-state index contributed by atoms with van der Waals surface area (Å²) in [5, 5.41) is 9.56. The molecular weight excluding hydrogens is 292 g/mol. The summed E-state index contributed by atoms with van der Waals surface area (Å²) in [6.45, 7) is 0. The zero-order valence-electron chi connectivity index (χ0n) is 11.2. The first-order valence-corrected chi connectivity index (χ1v) is 6.27. The average molecular weight is 306 g/mol. The van der Waals surface area contributed by atoms with Gasteiger partial charge in [0.2, 0.25) is 5.60 Å². The highest BCUT2D eigenvalue weighted by molar-refractivity contribution is 5.64. The number of aldehydes is 1. The maximum Gasteiger partial charge on any atom is 0.424 e. The van der Waals surface area contributed by atoms with Crippen LogP contribution < -0.4 is 4.74 Å². The van der Waals surface area contributed by atoms with Crippen LogP contribution in [0.1, 0.15) is 24.8 Å². The van der Waals surface area contributed by atoms with E-state index in [2.05, 4.69) is 0 Å². The van der Waals surface area contributed by atoms with Gasteiger partial charge in [-0.15, -0.1) is 0 Å². The Kier molecular flexibility index (Phi) is 3.73. The maximum absolute atomic E-state index is 14.2. The highest BCUT2D eigenvalue weighted by atomic mass is 19.4. The molecule has 0 aromatic heterocycles. The van der Waals surface area contributed by atoms with E-state index >= 15 is 0 Å². The summed E-state index contributed by atoms with van der Waals surface area (Å²) in [5.41, 5.74) is -4.63. The molecule has 0 amide bonds. The SMILES string of the molecule is COc1cccc(C2(CC(O)(C=O)C(F)(F)F)CC2)c1F. The van der Waals surface area contributed by atoms with E-state index < -0.39 is 35.7 Å². The number of alkyl halides is 3. The Morgan fingerprint density at radius 2 is 2.00 bits per heavy atom. The van der Waals surface area contributed by atoms with Crippen LogP contribution in [0.2, 0.25) is 0 Å². The largest absolute Gasteiger partial charge is 0.494 e. The van der Waals surface area contributed by atoms with Crippen molar-refractivity contribution in [2.24, 2.45) is 0 Å². The topological polar surface area (TPSA) is 46.5 Å². The minimum absolute atomic E-state index is 0.0337. The van der Waals surface area contributed by atoms with Gasteiger partial charge in [0.05, 0.1) is 7.11 Å². The van der Waals surface area contributed by atoms with Crippen LogP contribution >= 0.6 is 0 Å². The summed E-state index contributed by atoms with van der Waals surface area (Å²) in [5.74, 6) is -0.839. The lowest BCUT2D eigenvalue weighted by atomic mass is 9.83. The van der Waals surface area contributed by atoms with E-state index in [1.807, 2.05) is 0 Å². The number of ether oxygens (including phenoxy) is 1. The molecule has 0 radical (unpaired) electrons. The van der Waals surface area contributed by atoms with E-state index in [0.717, 1.165) is 0 Å². The summed E-state index contributed by atoms with van der Waals surface area (Å²) in [4.78, 5) is 10.7. The van der Waals surface area contributed by atoms with Crippen molar-refractivity contribution in [1.29, 1.82) is 0 Å². The van der Waals surface area contributed by atoms with E-state index in [9.17, 15) is 27.5 Å². The number of rotatable bonds is 5. The van der Waals surface area contributed by atoms with Gasteiger partial charge in [0.15, 0.2) is 17.9 Å². The summed E-state index contributed by atoms with van der Waals surface area (Å²) < 4.78 is 57.5. The molecule has 0 heterocycles. The van der Waals surface area contributed by atoms with Crippen molar-refractivity contribution in [3.05, 3.63) is 29.6 Å². The first-order valence-electron chi connectivity index (χ1n) is 6.27. The van der Waals surface area contributed by atoms with Crippen LogP contribution in [0.3, 0.4) is 0 Å². The molecule has 1 aromatic rings. The van der Waals surface area contributed by atoms with Gasteiger partial charge in [-0.2, -0.15) is 13.2 Å². The van der Waals surface area contributed by atoms with Crippen molar-refractivity contribution in [2.75, 3.05) is 7.11 Å². The summed E-state index contributed by atoms with van der Waals surface area (Å²) in [6.07, 6.45) is -5.98. The van der Waals surface area contributed by atoms with Gasteiger partial charge < -0.3 is 9.84 Å². The molecule has 1 atom stereocenters. The van der Waals surface area contributed by atoms with Crippen LogP contribution in [-0.2, 0) is 10.2 Å². The monoisotopic (exact) mass is 306 g/mol. The third kappa shape index (κ3) is 2.62. The Bertz CT molecular complexity index is 552. The van der Waals surface area contributed by atoms with Crippen LogP contribution in [-0.4, -0.2) is 30.3 Å². The second-order valence-corrected chi connectivity index (χ2v) is 5.32. The van der Waals surface area contributed by atoms with Crippen molar-refractivity contribution in [3.8, 4) is 5.75 Å². The fourth-order valence-corrected chi connectivity index (χ4v) is 2.49. The molecule has 0 bridgehead atoms. The van der Waals surface area contributed by atoms with Crippen LogP contribution in [0, 0.1) is 5.82 Å². The molecule has 1 unspecified atom stereocenters. The Morgan fingerprint density at radius 1 is 1.38 bits per heavy atom. The van der Waals surface area contributed by atoms with Crippen molar-refractivity contribution >= 4 is 6.29 Å². The molecule has 1 N–H and O–H groups in total. The molecule has 0 spiro atoms. The normalized spacial score (nSPS) is 19.7. The number of hydrogen-bond donors (Lipinski definition) is 1. The molecule has 3 nitrogen and oxygen atoms in total. The molecule has 0 saturated heterocycles. The lowest BCUT2D eigenvalue weighted by Crippen LogP contribution is -2.49. The van der Waals surface area contributed by atoms with E-state index in [4.69, 9.17) is 4.74 Å². The molecule has 1 aliphatic carbocycles. The molecule has 1 fully saturated rings. The molecule has 1 aromatic carbocycles. The number of carbonyl (C=O) groups is 1. The zero-order chi connectivity index (χ0) is 15.9. The number of benzene rings is 1. The highest BCUT2D eigenvalue weighted by Gasteiger charge is 2.61. The van der Waals surface area contributed by atoms with Gasteiger partial charge in [-0.05, 0) is 24.5 Å². The lowest BCUT2D eigenvalue weighted by molar-refractivity contribution is -0.248. The first-order chi connectivity index (χ1) is 9.69. The number of halogens is 4. The number of carbonyl (C=O) groups excluding carboxylic acids is 1. The van der Waals surface area contributed by atoms with E-state index in [-0.39, 0.29) is 24.2 Å². The van der Waals surface area contributed by atoms with Gasteiger partial charge in [-0.3, -0.25) is 4.79 Å². The Morgan fingerprint density at radius 3 is 2.43 bits per heavy atom. The van der Waals surface area contributed by atoms with Crippen LogP contribution in [0.25, 0.3) is 0 Å². The van der Waals surface area contributed by atoms with Gasteiger partial charge in [0.1, 0.15) is 0 Å². The molecule has 7 heteroatoms. The standard InChI is InChI=1S/C14H14F4O3/c1-21-10-4-2-3-9(11(10)15)12(5-6-12)7-13(20,8-19)14(16,17)18/h2-4,8,20H,5-7H2,1H3. The Labute approximate surface area is 118 Å². The zero-order valence-corrected chi connectivity index (χ0v) is 11.2. The van der Waals surface area contributed by atoms with Gasteiger partial charge in [0.25, 0.3) is 0 Å². The minimum Gasteiger partial charge on any atom is -0.494 e. The van der Waals surface area contributed by atoms with Gasteiger partial charge in [-0.1, -0.05) is 12.1 Å². The van der Waals surface area contributed by atoms with Gasteiger partial charge in [0, 0.05) is 11.8 Å². The molecule has 1 saturated carbocycles. The smallest absolute Gasteiger partial charge is 0.424 e. The molecule has 21 heavy (non-hydrogen) atoms. The number of aliphatic hydroxyl groups is 1. The third-order valence-corrected chi connectivity index (χ3v) is 3.90. The van der Waals surface area contributed by atoms with Crippen LogP contribution in [0.15, 0.2) is 18.2 Å². The quantitative estimate of drug-likeness (QED) is 0.672. The van der Waals surface area contributed by atoms with Crippen molar-refractivity contribution in [3.63, 3.8) is 0 Å². The predicted molar refractivity (Wildman–Crippen MR) is 65.5 cm³/mol. The predicted octanol–water partition coefficient (Wildman–Crippen LogP) is 2.75. The third-order valence-electron chi connectivity index (χ3n) is 3.90.